The second-order valence-corrected chi connectivity index (χ2v) is 4.92. The summed E-state index contributed by atoms with van der Waals surface area (Å²) in [6.07, 6.45) is -8.40. The van der Waals surface area contributed by atoms with Crippen molar-refractivity contribution in [3.8, 4) is 0 Å². The quantitative estimate of drug-likeness (QED) is 0.600. The van der Waals surface area contributed by atoms with E-state index in [1.165, 1.54) is 0 Å². The summed E-state index contributed by atoms with van der Waals surface area (Å²) in [5, 5.41) is 38.1. The first-order valence-electron chi connectivity index (χ1n) is 6.54. The number of aliphatic hydroxyl groups excluding tert-OH is 3. The van der Waals surface area contributed by atoms with Gasteiger partial charge in [0.15, 0.2) is 12.4 Å². The predicted octanol–water partition coefficient (Wildman–Crippen LogP) is -0.344. The van der Waals surface area contributed by atoms with E-state index in [0.717, 1.165) is 5.56 Å². The summed E-state index contributed by atoms with van der Waals surface area (Å²) >= 11 is 0. The normalized spacial score (nSPS) is 34.4. The largest absolute Gasteiger partial charge is 0.479 e. The summed E-state index contributed by atoms with van der Waals surface area (Å²) in [5.41, 5.74) is 0.806. The number of carbonyl (C=O) groups is 1. The van der Waals surface area contributed by atoms with E-state index in [2.05, 4.69) is 0 Å². The monoisotopic (exact) mass is 298 g/mol. The number of benzene rings is 1. The molecule has 0 radical (unpaired) electrons. The molecule has 21 heavy (non-hydrogen) atoms. The van der Waals surface area contributed by atoms with E-state index in [1.807, 2.05) is 18.2 Å². The molecular weight excluding hydrogens is 280 g/mol. The predicted molar refractivity (Wildman–Crippen MR) is 70.3 cm³/mol. The lowest BCUT2D eigenvalue weighted by molar-refractivity contribution is -0.304. The molecule has 1 aliphatic heterocycles. The van der Waals surface area contributed by atoms with Gasteiger partial charge in [-0.2, -0.15) is 0 Å². The molecule has 116 valence electrons. The summed E-state index contributed by atoms with van der Waals surface area (Å²) in [6, 6.07) is 9.07. The van der Waals surface area contributed by atoms with Gasteiger partial charge in [0, 0.05) is 0 Å². The smallest absolute Gasteiger partial charge is 0.335 e. The van der Waals surface area contributed by atoms with Crippen LogP contribution in [0.1, 0.15) is 18.6 Å². The lowest BCUT2D eigenvalue weighted by atomic mass is 9.99. The van der Waals surface area contributed by atoms with Gasteiger partial charge in [0.1, 0.15) is 18.3 Å². The summed E-state index contributed by atoms with van der Waals surface area (Å²) in [5.74, 6) is -1.44. The van der Waals surface area contributed by atoms with Crippen LogP contribution in [-0.4, -0.2) is 57.1 Å². The van der Waals surface area contributed by atoms with Crippen LogP contribution in [0.3, 0.4) is 0 Å². The summed E-state index contributed by atoms with van der Waals surface area (Å²) in [7, 11) is 0. The third-order valence-corrected chi connectivity index (χ3v) is 3.42. The highest BCUT2D eigenvalue weighted by Crippen LogP contribution is 2.27. The number of carboxylic acid groups (broad SMARTS) is 1. The van der Waals surface area contributed by atoms with Gasteiger partial charge in [0.25, 0.3) is 0 Å². The number of aliphatic hydroxyl groups is 3. The number of rotatable bonds is 4. The highest BCUT2D eigenvalue weighted by Gasteiger charge is 2.47. The van der Waals surface area contributed by atoms with Gasteiger partial charge in [-0.3, -0.25) is 0 Å². The Morgan fingerprint density at radius 2 is 1.76 bits per heavy atom. The van der Waals surface area contributed by atoms with Crippen LogP contribution in [0.2, 0.25) is 0 Å². The Labute approximate surface area is 121 Å². The molecule has 7 nitrogen and oxygen atoms in total. The van der Waals surface area contributed by atoms with E-state index in [9.17, 15) is 20.1 Å². The van der Waals surface area contributed by atoms with Crippen molar-refractivity contribution in [2.45, 2.75) is 43.7 Å². The zero-order valence-electron chi connectivity index (χ0n) is 11.4. The Balaban J connectivity index is 2.09. The van der Waals surface area contributed by atoms with Gasteiger partial charge in [-0.15, -0.1) is 0 Å². The molecule has 0 amide bonds. The van der Waals surface area contributed by atoms with E-state index < -0.39 is 42.8 Å². The average Bonchev–Trinajstić information content (AvgIpc) is 2.48. The highest BCUT2D eigenvalue weighted by molar-refractivity contribution is 5.73. The molecule has 1 saturated heterocycles. The van der Waals surface area contributed by atoms with Crippen molar-refractivity contribution in [3.63, 3.8) is 0 Å². The Morgan fingerprint density at radius 1 is 1.14 bits per heavy atom. The fourth-order valence-corrected chi connectivity index (χ4v) is 2.17. The maximum absolute atomic E-state index is 11.0. The van der Waals surface area contributed by atoms with Crippen molar-refractivity contribution >= 4 is 5.97 Å². The topological polar surface area (TPSA) is 116 Å². The molecule has 1 aromatic rings. The molecule has 6 atom stereocenters. The number of carboxylic acids is 1. The second-order valence-electron chi connectivity index (χ2n) is 4.92. The maximum atomic E-state index is 11.0. The average molecular weight is 298 g/mol. The van der Waals surface area contributed by atoms with E-state index >= 15 is 0 Å². The molecule has 1 aliphatic rings. The zero-order chi connectivity index (χ0) is 15.6. The molecule has 4 N–H and O–H groups in total. The van der Waals surface area contributed by atoms with Crippen LogP contribution in [0.15, 0.2) is 30.3 Å². The maximum Gasteiger partial charge on any atom is 0.335 e. The number of hydrogen-bond acceptors (Lipinski definition) is 6. The second kappa shape index (κ2) is 6.50. The molecule has 1 aromatic carbocycles. The molecule has 1 heterocycles. The molecule has 2 rings (SSSR count). The highest BCUT2D eigenvalue weighted by atomic mass is 16.7. The van der Waals surface area contributed by atoms with Gasteiger partial charge in [-0.25, -0.2) is 4.79 Å². The molecule has 0 saturated carbocycles. The third-order valence-electron chi connectivity index (χ3n) is 3.42. The van der Waals surface area contributed by atoms with Crippen molar-refractivity contribution in [2.75, 3.05) is 0 Å². The van der Waals surface area contributed by atoms with Crippen LogP contribution in [0.4, 0.5) is 0 Å². The SMILES string of the molecule is C[C@H](O[C@H]1O[C@@H](C(=O)O)[C@@H](O)[C@@H](O)[C@H]1O)c1ccccc1. The summed E-state index contributed by atoms with van der Waals surface area (Å²) in [6.45, 7) is 1.71. The number of hydrogen-bond donors (Lipinski definition) is 4. The first kappa shape index (κ1) is 15.9. The van der Waals surface area contributed by atoms with Gasteiger partial charge in [-0.05, 0) is 12.5 Å². The van der Waals surface area contributed by atoms with Crippen LogP contribution < -0.4 is 0 Å². The molecule has 0 unspecified atom stereocenters. The Kier molecular flexibility index (Phi) is 4.92. The summed E-state index contributed by atoms with van der Waals surface area (Å²) in [4.78, 5) is 11.0. The van der Waals surface area contributed by atoms with E-state index in [4.69, 9.17) is 14.6 Å². The molecule has 7 heteroatoms. The Morgan fingerprint density at radius 3 is 2.33 bits per heavy atom. The number of ether oxygens (including phenoxy) is 2. The zero-order valence-corrected chi connectivity index (χ0v) is 11.4. The lowest BCUT2D eigenvalue weighted by Gasteiger charge is -2.39. The van der Waals surface area contributed by atoms with Crippen LogP contribution in [0.25, 0.3) is 0 Å². The van der Waals surface area contributed by atoms with Crippen molar-refractivity contribution < 1.29 is 34.7 Å². The van der Waals surface area contributed by atoms with Crippen LogP contribution >= 0.6 is 0 Å². The molecule has 0 aromatic heterocycles. The van der Waals surface area contributed by atoms with Crippen molar-refractivity contribution in [3.05, 3.63) is 35.9 Å². The van der Waals surface area contributed by atoms with E-state index in [1.54, 1.807) is 19.1 Å². The Hall–Kier alpha value is -1.51. The summed E-state index contributed by atoms with van der Waals surface area (Å²) < 4.78 is 10.5. The molecule has 0 bridgehead atoms. The van der Waals surface area contributed by atoms with Gasteiger partial charge in [0.05, 0.1) is 6.10 Å². The van der Waals surface area contributed by atoms with Gasteiger partial charge < -0.3 is 29.9 Å². The number of aliphatic carboxylic acids is 1. The molecular formula is C14H18O7. The van der Waals surface area contributed by atoms with E-state index in [0.29, 0.717) is 0 Å². The van der Waals surface area contributed by atoms with Crippen molar-refractivity contribution in [1.29, 1.82) is 0 Å². The first-order valence-corrected chi connectivity index (χ1v) is 6.54. The fraction of sp³-hybridized carbons (Fsp3) is 0.500. The minimum Gasteiger partial charge on any atom is -0.479 e. The fourth-order valence-electron chi connectivity index (χ4n) is 2.17. The van der Waals surface area contributed by atoms with Crippen molar-refractivity contribution in [1.82, 2.24) is 0 Å². The van der Waals surface area contributed by atoms with Crippen LogP contribution in [0, 0.1) is 0 Å². The molecule has 0 aliphatic carbocycles. The van der Waals surface area contributed by atoms with Crippen molar-refractivity contribution in [2.24, 2.45) is 0 Å². The van der Waals surface area contributed by atoms with Gasteiger partial charge in [-0.1, -0.05) is 30.3 Å². The minimum atomic E-state index is -1.72. The molecule has 1 fully saturated rings. The first-order chi connectivity index (χ1) is 9.91. The van der Waals surface area contributed by atoms with Gasteiger partial charge in [0.2, 0.25) is 0 Å². The van der Waals surface area contributed by atoms with Crippen LogP contribution in [0.5, 0.6) is 0 Å². The van der Waals surface area contributed by atoms with Crippen LogP contribution in [-0.2, 0) is 14.3 Å². The van der Waals surface area contributed by atoms with Gasteiger partial charge >= 0.3 is 5.97 Å². The Bertz CT molecular complexity index is 477. The minimum absolute atomic E-state index is 0.484. The lowest BCUT2D eigenvalue weighted by Crippen LogP contribution is -2.60. The third kappa shape index (κ3) is 3.39. The molecule has 0 spiro atoms. The standard InChI is InChI=1S/C14H18O7/c1-7(8-5-3-2-4-6-8)20-14-11(17)9(15)10(16)12(21-14)13(18)19/h2-7,9-12,14-17H,1H3,(H,18,19)/t7-,9+,10-,11+,12+,14-/m0/s1. The van der Waals surface area contributed by atoms with E-state index in [-0.39, 0.29) is 0 Å².